The summed E-state index contributed by atoms with van der Waals surface area (Å²) in [5.74, 6) is 0.385. The molecule has 0 bridgehead atoms. The summed E-state index contributed by atoms with van der Waals surface area (Å²) < 4.78 is 13.0. The molecule has 1 heterocycles. The van der Waals surface area contributed by atoms with Crippen LogP contribution in [0.5, 0.6) is 0 Å². The van der Waals surface area contributed by atoms with Crippen molar-refractivity contribution in [2.24, 2.45) is 11.8 Å². The van der Waals surface area contributed by atoms with E-state index in [4.69, 9.17) is 0 Å². The van der Waals surface area contributed by atoms with E-state index in [2.05, 4.69) is 17.6 Å². The van der Waals surface area contributed by atoms with Crippen LogP contribution in [-0.2, 0) is 11.2 Å². The Kier molecular flexibility index (Phi) is 4.53. The van der Waals surface area contributed by atoms with Crippen molar-refractivity contribution in [3.05, 3.63) is 35.1 Å². The zero-order valence-electron chi connectivity index (χ0n) is 11.5. The number of halogens is 1. The molecule has 0 aliphatic carbocycles. The third kappa shape index (κ3) is 3.53. The maximum Gasteiger partial charge on any atom is 0.224 e. The van der Waals surface area contributed by atoms with Crippen LogP contribution < -0.4 is 10.6 Å². The van der Waals surface area contributed by atoms with Crippen LogP contribution in [0.3, 0.4) is 0 Å². The smallest absolute Gasteiger partial charge is 0.224 e. The van der Waals surface area contributed by atoms with Crippen molar-refractivity contribution in [3.63, 3.8) is 0 Å². The van der Waals surface area contributed by atoms with Gasteiger partial charge >= 0.3 is 0 Å². The highest BCUT2D eigenvalue weighted by atomic mass is 19.1. The monoisotopic (exact) mass is 264 g/mol. The second kappa shape index (κ2) is 6.15. The van der Waals surface area contributed by atoms with Gasteiger partial charge in [0.1, 0.15) is 5.82 Å². The fourth-order valence-electron chi connectivity index (χ4n) is 2.55. The Labute approximate surface area is 113 Å². The van der Waals surface area contributed by atoms with Crippen molar-refractivity contribution in [3.8, 4) is 0 Å². The normalized spacial score (nSPS) is 22.5. The summed E-state index contributed by atoms with van der Waals surface area (Å²) in [7, 11) is 0. The van der Waals surface area contributed by atoms with Crippen LogP contribution in [0.25, 0.3) is 0 Å². The van der Waals surface area contributed by atoms with Gasteiger partial charge in [-0.05, 0) is 49.1 Å². The molecule has 2 unspecified atom stereocenters. The van der Waals surface area contributed by atoms with Crippen molar-refractivity contribution >= 4 is 5.91 Å². The molecule has 2 atom stereocenters. The number of rotatable bonds is 4. The fraction of sp³-hybridized carbons (Fsp3) is 0.533. The first-order valence-corrected chi connectivity index (χ1v) is 6.81. The van der Waals surface area contributed by atoms with Crippen molar-refractivity contribution in [1.82, 2.24) is 10.6 Å². The average Bonchev–Trinajstić information content (AvgIpc) is 2.78. The highest BCUT2D eigenvalue weighted by molar-refractivity contribution is 5.79. The van der Waals surface area contributed by atoms with Gasteiger partial charge in [0, 0.05) is 13.1 Å². The largest absolute Gasteiger partial charge is 0.355 e. The van der Waals surface area contributed by atoms with Crippen molar-refractivity contribution in [1.29, 1.82) is 0 Å². The average molecular weight is 264 g/mol. The Morgan fingerprint density at radius 1 is 1.47 bits per heavy atom. The molecular weight excluding hydrogens is 243 g/mol. The molecule has 0 spiro atoms. The lowest BCUT2D eigenvalue weighted by Gasteiger charge is -2.14. The first-order chi connectivity index (χ1) is 9.08. The predicted octanol–water partition coefficient (Wildman–Crippen LogP) is 1.65. The van der Waals surface area contributed by atoms with Crippen LogP contribution in [0, 0.1) is 24.6 Å². The van der Waals surface area contributed by atoms with Gasteiger partial charge in [0.05, 0.1) is 5.92 Å². The SMILES string of the molecule is Cc1cc(F)ccc1CCNC(=O)C1CNCC1C. The lowest BCUT2D eigenvalue weighted by atomic mass is 9.97. The molecule has 2 rings (SSSR count). The minimum Gasteiger partial charge on any atom is -0.355 e. The van der Waals surface area contributed by atoms with Crippen molar-refractivity contribution in [2.45, 2.75) is 20.3 Å². The van der Waals surface area contributed by atoms with E-state index in [-0.39, 0.29) is 17.6 Å². The topological polar surface area (TPSA) is 41.1 Å². The van der Waals surface area contributed by atoms with Gasteiger partial charge in [-0.3, -0.25) is 4.79 Å². The number of hydrogen-bond donors (Lipinski definition) is 2. The van der Waals surface area contributed by atoms with Crippen LogP contribution in [0.1, 0.15) is 18.1 Å². The maximum atomic E-state index is 13.0. The minimum absolute atomic E-state index is 0.0781. The number of carbonyl (C=O) groups is 1. The van der Waals surface area contributed by atoms with Crippen LogP contribution in [-0.4, -0.2) is 25.5 Å². The standard InChI is InChI=1S/C15H21FN2O/c1-10-7-13(16)4-3-12(10)5-6-18-15(19)14-9-17-8-11(14)2/h3-4,7,11,14,17H,5-6,8-9H2,1-2H3,(H,18,19). The molecule has 2 N–H and O–H groups in total. The molecule has 1 aliphatic heterocycles. The fourth-order valence-corrected chi connectivity index (χ4v) is 2.55. The summed E-state index contributed by atoms with van der Waals surface area (Å²) >= 11 is 0. The molecule has 0 radical (unpaired) electrons. The summed E-state index contributed by atoms with van der Waals surface area (Å²) in [6, 6.07) is 4.78. The van der Waals surface area contributed by atoms with E-state index in [1.54, 1.807) is 6.07 Å². The van der Waals surface area contributed by atoms with Gasteiger partial charge < -0.3 is 10.6 Å². The third-order valence-corrected chi connectivity index (χ3v) is 3.85. The van der Waals surface area contributed by atoms with Crippen LogP contribution in [0.4, 0.5) is 4.39 Å². The quantitative estimate of drug-likeness (QED) is 0.868. The molecule has 1 aromatic carbocycles. The molecule has 1 fully saturated rings. The summed E-state index contributed by atoms with van der Waals surface area (Å²) in [6.07, 6.45) is 0.742. The van der Waals surface area contributed by atoms with Gasteiger partial charge in [-0.1, -0.05) is 13.0 Å². The molecule has 1 aromatic rings. The third-order valence-electron chi connectivity index (χ3n) is 3.85. The molecule has 0 aromatic heterocycles. The highest BCUT2D eigenvalue weighted by Gasteiger charge is 2.28. The maximum absolute atomic E-state index is 13.0. The molecule has 19 heavy (non-hydrogen) atoms. The van der Waals surface area contributed by atoms with Gasteiger partial charge in [0.25, 0.3) is 0 Å². The Hall–Kier alpha value is -1.42. The minimum atomic E-state index is -0.212. The van der Waals surface area contributed by atoms with Gasteiger partial charge in [-0.2, -0.15) is 0 Å². The molecule has 0 saturated carbocycles. The number of amides is 1. The van der Waals surface area contributed by atoms with Crippen molar-refractivity contribution in [2.75, 3.05) is 19.6 Å². The second-order valence-electron chi connectivity index (χ2n) is 5.35. The van der Waals surface area contributed by atoms with Crippen LogP contribution in [0.15, 0.2) is 18.2 Å². The number of carbonyl (C=O) groups excluding carboxylic acids is 1. The Morgan fingerprint density at radius 3 is 2.89 bits per heavy atom. The Balaban J connectivity index is 1.81. The van der Waals surface area contributed by atoms with E-state index in [0.717, 1.165) is 30.6 Å². The van der Waals surface area contributed by atoms with Crippen molar-refractivity contribution < 1.29 is 9.18 Å². The van der Waals surface area contributed by atoms with Gasteiger partial charge in [-0.25, -0.2) is 4.39 Å². The van der Waals surface area contributed by atoms with Crippen LogP contribution >= 0.6 is 0 Å². The summed E-state index contributed by atoms with van der Waals surface area (Å²) in [4.78, 5) is 12.0. The molecule has 4 heteroatoms. The van der Waals surface area contributed by atoms with E-state index in [1.165, 1.54) is 12.1 Å². The summed E-state index contributed by atoms with van der Waals surface area (Å²) in [5, 5.41) is 6.20. The second-order valence-corrected chi connectivity index (χ2v) is 5.35. The molecule has 104 valence electrons. The number of hydrogen-bond acceptors (Lipinski definition) is 2. The highest BCUT2D eigenvalue weighted by Crippen LogP contribution is 2.16. The molecule has 1 saturated heterocycles. The van der Waals surface area contributed by atoms with Crippen LogP contribution in [0.2, 0.25) is 0 Å². The zero-order valence-corrected chi connectivity index (χ0v) is 11.5. The first kappa shape index (κ1) is 14.0. The number of aryl methyl sites for hydroxylation is 1. The predicted molar refractivity (Wildman–Crippen MR) is 73.4 cm³/mol. The van der Waals surface area contributed by atoms with Gasteiger partial charge in [0.2, 0.25) is 5.91 Å². The molecule has 1 amide bonds. The number of nitrogens with one attached hydrogen (secondary N) is 2. The van der Waals surface area contributed by atoms with E-state index in [0.29, 0.717) is 12.5 Å². The van der Waals surface area contributed by atoms with E-state index >= 15 is 0 Å². The van der Waals surface area contributed by atoms with E-state index < -0.39 is 0 Å². The van der Waals surface area contributed by atoms with Gasteiger partial charge in [-0.15, -0.1) is 0 Å². The van der Waals surface area contributed by atoms with E-state index in [9.17, 15) is 9.18 Å². The lowest BCUT2D eigenvalue weighted by Crippen LogP contribution is -2.35. The Bertz CT molecular complexity index is 461. The summed E-state index contributed by atoms with van der Waals surface area (Å²) in [6.45, 7) is 6.27. The number of benzene rings is 1. The molecule has 3 nitrogen and oxygen atoms in total. The molecular formula is C15H21FN2O. The molecule has 1 aliphatic rings. The van der Waals surface area contributed by atoms with Gasteiger partial charge in [0.15, 0.2) is 0 Å². The van der Waals surface area contributed by atoms with E-state index in [1.807, 2.05) is 6.92 Å². The first-order valence-electron chi connectivity index (χ1n) is 6.81. The lowest BCUT2D eigenvalue weighted by molar-refractivity contribution is -0.125. The zero-order chi connectivity index (χ0) is 13.8. The summed E-state index contributed by atoms with van der Waals surface area (Å²) in [5.41, 5.74) is 2.02. The Morgan fingerprint density at radius 2 is 2.26 bits per heavy atom.